The van der Waals surface area contributed by atoms with Crippen molar-refractivity contribution >= 4 is 5.91 Å². The van der Waals surface area contributed by atoms with E-state index in [4.69, 9.17) is 11.5 Å². The first-order valence-corrected chi connectivity index (χ1v) is 3.32. The van der Waals surface area contributed by atoms with Crippen LogP contribution in [-0.2, 0) is 4.79 Å². The van der Waals surface area contributed by atoms with Crippen LogP contribution in [0.5, 0.6) is 0 Å². The molecule has 1 fully saturated rings. The van der Waals surface area contributed by atoms with Crippen molar-refractivity contribution < 1.29 is 9.90 Å². The largest absolute Gasteiger partial charge is 0.380 e. The second-order valence-electron chi connectivity index (χ2n) is 2.90. The van der Waals surface area contributed by atoms with Gasteiger partial charge in [-0.1, -0.05) is 0 Å². The van der Waals surface area contributed by atoms with Gasteiger partial charge in [0.15, 0.2) is 0 Å². The average molecular weight is 144 g/mol. The fourth-order valence-electron chi connectivity index (χ4n) is 1.29. The first-order chi connectivity index (χ1) is 4.54. The topological polar surface area (TPSA) is 89.3 Å². The van der Waals surface area contributed by atoms with Crippen LogP contribution in [0.25, 0.3) is 0 Å². The van der Waals surface area contributed by atoms with Gasteiger partial charge >= 0.3 is 0 Å². The molecule has 0 aromatic heterocycles. The molecule has 1 saturated carbocycles. The summed E-state index contributed by atoms with van der Waals surface area (Å²) in [6.07, 6.45) is 1.39. The van der Waals surface area contributed by atoms with Crippen LogP contribution in [-0.4, -0.2) is 22.7 Å². The van der Waals surface area contributed by atoms with Crippen LogP contribution < -0.4 is 11.5 Å². The smallest absolute Gasteiger partial charge is 0.249 e. The summed E-state index contributed by atoms with van der Waals surface area (Å²) in [5.41, 5.74) is 9.11. The Balaban J connectivity index is 2.63. The molecule has 10 heavy (non-hydrogen) atoms. The molecule has 2 unspecified atom stereocenters. The van der Waals surface area contributed by atoms with Crippen molar-refractivity contribution in [1.82, 2.24) is 0 Å². The predicted octanol–water partition coefficient (Wildman–Crippen LogP) is -1.29. The molecule has 0 aliphatic heterocycles. The number of rotatable bonds is 1. The van der Waals surface area contributed by atoms with Gasteiger partial charge in [-0.05, 0) is 12.8 Å². The van der Waals surface area contributed by atoms with Gasteiger partial charge in [-0.3, -0.25) is 4.79 Å². The van der Waals surface area contributed by atoms with E-state index in [1.54, 1.807) is 0 Å². The van der Waals surface area contributed by atoms with Gasteiger partial charge in [-0.2, -0.15) is 0 Å². The van der Waals surface area contributed by atoms with Crippen LogP contribution in [0.1, 0.15) is 19.3 Å². The maximum absolute atomic E-state index is 10.6. The van der Waals surface area contributed by atoms with Crippen molar-refractivity contribution in [3.63, 3.8) is 0 Å². The fourth-order valence-corrected chi connectivity index (χ4v) is 1.29. The quantitative estimate of drug-likeness (QED) is 0.428. The van der Waals surface area contributed by atoms with E-state index in [1.807, 2.05) is 0 Å². The van der Waals surface area contributed by atoms with Gasteiger partial charge in [0.1, 0.15) is 5.60 Å². The van der Waals surface area contributed by atoms with Crippen molar-refractivity contribution in [1.29, 1.82) is 0 Å². The molecule has 58 valence electrons. The highest BCUT2D eigenvalue weighted by molar-refractivity contribution is 5.83. The Morgan fingerprint density at radius 3 is 2.50 bits per heavy atom. The highest BCUT2D eigenvalue weighted by Crippen LogP contribution is 2.27. The van der Waals surface area contributed by atoms with E-state index in [0.717, 1.165) is 0 Å². The minimum Gasteiger partial charge on any atom is -0.380 e. The standard InChI is InChI=1S/C6H12N2O2/c7-4-1-2-6(10,3-4)5(8)9/h4,10H,1-3,7H2,(H2,8,9). The maximum atomic E-state index is 10.6. The lowest BCUT2D eigenvalue weighted by molar-refractivity contribution is -0.135. The third-order valence-electron chi connectivity index (χ3n) is 1.99. The number of amides is 1. The number of primary amides is 1. The minimum atomic E-state index is -1.32. The monoisotopic (exact) mass is 144 g/mol. The molecule has 1 aliphatic rings. The molecule has 4 nitrogen and oxygen atoms in total. The van der Waals surface area contributed by atoms with Crippen molar-refractivity contribution in [3.8, 4) is 0 Å². The maximum Gasteiger partial charge on any atom is 0.249 e. The first-order valence-electron chi connectivity index (χ1n) is 3.32. The van der Waals surface area contributed by atoms with E-state index in [1.165, 1.54) is 0 Å². The Morgan fingerprint density at radius 2 is 2.30 bits per heavy atom. The molecule has 0 aromatic rings. The third kappa shape index (κ3) is 1.12. The van der Waals surface area contributed by atoms with Crippen molar-refractivity contribution in [2.45, 2.75) is 30.9 Å². The van der Waals surface area contributed by atoms with E-state index in [9.17, 15) is 9.90 Å². The van der Waals surface area contributed by atoms with Gasteiger partial charge in [0.2, 0.25) is 5.91 Å². The second-order valence-corrected chi connectivity index (χ2v) is 2.90. The molecule has 1 rings (SSSR count). The van der Waals surface area contributed by atoms with Gasteiger partial charge in [-0.15, -0.1) is 0 Å². The molecular weight excluding hydrogens is 132 g/mol. The lowest BCUT2D eigenvalue weighted by atomic mass is 10.0. The summed E-state index contributed by atoms with van der Waals surface area (Å²) in [5.74, 6) is -0.652. The zero-order valence-electron chi connectivity index (χ0n) is 5.71. The molecule has 1 amide bonds. The Kier molecular flexibility index (Phi) is 1.66. The van der Waals surface area contributed by atoms with E-state index in [0.29, 0.717) is 19.3 Å². The summed E-state index contributed by atoms with van der Waals surface area (Å²) < 4.78 is 0. The van der Waals surface area contributed by atoms with Crippen LogP contribution in [0.2, 0.25) is 0 Å². The van der Waals surface area contributed by atoms with Crippen LogP contribution in [0, 0.1) is 0 Å². The van der Waals surface area contributed by atoms with Gasteiger partial charge < -0.3 is 16.6 Å². The molecule has 0 heterocycles. The molecule has 2 atom stereocenters. The van der Waals surface area contributed by atoms with Crippen LogP contribution in [0.15, 0.2) is 0 Å². The van der Waals surface area contributed by atoms with Gasteiger partial charge in [-0.25, -0.2) is 0 Å². The predicted molar refractivity (Wildman–Crippen MR) is 36.0 cm³/mol. The summed E-state index contributed by atoms with van der Waals surface area (Å²) in [7, 11) is 0. The fraction of sp³-hybridized carbons (Fsp3) is 0.833. The van der Waals surface area contributed by atoms with Crippen molar-refractivity contribution in [3.05, 3.63) is 0 Å². The van der Waals surface area contributed by atoms with Crippen LogP contribution in [0.3, 0.4) is 0 Å². The van der Waals surface area contributed by atoms with Crippen LogP contribution >= 0.6 is 0 Å². The summed E-state index contributed by atoms with van der Waals surface area (Å²) in [6, 6.07) is -0.0718. The number of carbonyl (C=O) groups is 1. The third-order valence-corrected chi connectivity index (χ3v) is 1.99. The van der Waals surface area contributed by atoms with Crippen LogP contribution in [0.4, 0.5) is 0 Å². The number of carbonyl (C=O) groups excluding carboxylic acids is 1. The molecule has 1 aliphatic carbocycles. The molecule has 5 N–H and O–H groups in total. The molecule has 0 spiro atoms. The SMILES string of the molecule is NC(=O)C1(O)CCC(N)C1. The van der Waals surface area contributed by atoms with E-state index < -0.39 is 11.5 Å². The highest BCUT2D eigenvalue weighted by atomic mass is 16.3. The van der Waals surface area contributed by atoms with Crippen molar-refractivity contribution in [2.75, 3.05) is 0 Å². The molecule has 0 saturated heterocycles. The first kappa shape index (κ1) is 7.50. The second kappa shape index (κ2) is 2.21. The Bertz CT molecular complexity index is 160. The Labute approximate surface area is 59.2 Å². The summed E-state index contributed by atoms with van der Waals surface area (Å²) in [5, 5.41) is 9.38. The number of hydrogen-bond acceptors (Lipinski definition) is 3. The Hall–Kier alpha value is -0.610. The van der Waals surface area contributed by atoms with E-state index >= 15 is 0 Å². The molecule has 0 bridgehead atoms. The average Bonchev–Trinajstić information content (AvgIpc) is 2.13. The number of aliphatic hydroxyl groups is 1. The molecule has 0 aromatic carbocycles. The van der Waals surface area contributed by atoms with E-state index in [-0.39, 0.29) is 6.04 Å². The summed E-state index contributed by atoms with van der Waals surface area (Å²) >= 11 is 0. The van der Waals surface area contributed by atoms with Gasteiger partial charge in [0, 0.05) is 12.5 Å². The zero-order chi connectivity index (χ0) is 7.78. The summed E-state index contributed by atoms with van der Waals surface area (Å²) in [4.78, 5) is 10.6. The summed E-state index contributed by atoms with van der Waals surface area (Å²) in [6.45, 7) is 0. The van der Waals surface area contributed by atoms with Crippen molar-refractivity contribution in [2.24, 2.45) is 11.5 Å². The molecule has 4 heteroatoms. The highest BCUT2D eigenvalue weighted by Gasteiger charge is 2.40. The lowest BCUT2D eigenvalue weighted by Gasteiger charge is -2.16. The number of nitrogens with two attached hydrogens (primary N) is 2. The molecular formula is C6H12N2O2. The minimum absolute atomic E-state index is 0.0718. The lowest BCUT2D eigenvalue weighted by Crippen LogP contribution is -2.42. The molecule has 0 radical (unpaired) electrons. The Morgan fingerprint density at radius 1 is 1.70 bits per heavy atom. The number of hydrogen-bond donors (Lipinski definition) is 3. The van der Waals surface area contributed by atoms with Gasteiger partial charge in [0.25, 0.3) is 0 Å². The van der Waals surface area contributed by atoms with Gasteiger partial charge in [0.05, 0.1) is 0 Å². The van der Waals surface area contributed by atoms with E-state index in [2.05, 4.69) is 0 Å². The normalized spacial score (nSPS) is 40.0. The zero-order valence-corrected chi connectivity index (χ0v) is 5.71.